The van der Waals surface area contributed by atoms with Gasteiger partial charge in [-0.25, -0.2) is 0 Å². The molecule has 0 saturated heterocycles. The van der Waals surface area contributed by atoms with Crippen molar-refractivity contribution in [2.45, 2.75) is 32.9 Å². The first-order valence-electron chi connectivity index (χ1n) is 7.56. The number of hydrogen-bond donors (Lipinski definition) is 1. The van der Waals surface area contributed by atoms with Crippen molar-refractivity contribution in [3.05, 3.63) is 35.4 Å². The largest absolute Gasteiger partial charge is 0.416 e. The van der Waals surface area contributed by atoms with Crippen LogP contribution in [0.15, 0.2) is 24.3 Å². The lowest BCUT2D eigenvalue weighted by atomic mass is 10.1. The van der Waals surface area contributed by atoms with E-state index in [1.165, 1.54) is 12.1 Å². The zero-order valence-electron chi connectivity index (χ0n) is 13.0. The van der Waals surface area contributed by atoms with E-state index >= 15 is 0 Å². The fraction of sp³-hybridized carbons (Fsp3) is 0.562. The smallest absolute Gasteiger partial charge is 0.352 e. The van der Waals surface area contributed by atoms with E-state index in [1.807, 2.05) is 0 Å². The fourth-order valence-corrected chi connectivity index (χ4v) is 2.11. The summed E-state index contributed by atoms with van der Waals surface area (Å²) in [6.07, 6.45) is -2.54. The minimum atomic E-state index is -4.38. The van der Waals surface area contributed by atoms with Gasteiger partial charge in [-0.1, -0.05) is 13.8 Å². The lowest BCUT2D eigenvalue weighted by Gasteiger charge is -2.17. The van der Waals surface area contributed by atoms with Crippen LogP contribution in [-0.4, -0.2) is 37.0 Å². The molecule has 0 aliphatic carbocycles. The van der Waals surface area contributed by atoms with Gasteiger partial charge in [-0.15, -0.1) is 0 Å². The predicted octanol–water partition coefficient (Wildman–Crippen LogP) is 3.56. The number of halogens is 3. The fourth-order valence-electron chi connectivity index (χ4n) is 2.11. The second-order valence-corrected chi connectivity index (χ2v) is 5.06. The van der Waals surface area contributed by atoms with E-state index in [2.05, 4.69) is 24.1 Å². The van der Waals surface area contributed by atoms with Crippen LogP contribution in [0.25, 0.3) is 0 Å². The minimum absolute atomic E-state index is 0.247. The molecule has 22 heavy (non-hydrogen) atoms. The van der Waals surface area contributed by atoms with Gasteiger partial charge in [-0.2, -0.15) is 13.2 Å². The molecule has 1 N–H and O–H groups in total. The Morgan fingerprint density at radius 1 is 1.09 bits per heavy atom. The molecule has 0 unspecified atom stereocenters. The summed E-state index contributed by atoms with van der Waals surface area (Å²) in [6.45, 7) is 7.75. The third kappa shape index (κ3) is 6.05. The van der Waals surface area contributed by atoms with E-state index < -0.39 is 11.7 Å². The maximum atomic E-state index is 12.4. The first kappa shape index (κ1) is 18.5. The molecule has 0 heterocycles. The molecule has 0 fully saturated rings. The molecule has 1 amide bonds. The van der Waals surface area contributed by atoms with Crippen LogP contribution in [0.2, 0.25) is 0 Å². The van der Waals surface area contributed by atoms with Crippen molar-refractivity contribution in [2.24, 2.45) is 0 Å². The maximum absolute atomic E-state index is 12.4. The lowest BCUT2D eigenvalue weighted by Crippen LogP contribution is -2.27. The highest BCUT2D eigenvalue weighted by atomic mass is 19.4. The molecule has 0 saturated carbocycles. The topological polar surface area (TPSA) is 32.3 Å². The third-order valence-corrected chi connectivity index (χ3v) is 3.56. The van der Waals surface area contributed by atoms with E-state index in [1.54, 1.807) is 0 Å². The molecule has 0 atom stereocenters. The number of amides is 1. The highest BCUT2D eigenvalue weighted by molar-refractivity contribution is 5.94. The first-order chi connectivity index (χ1) is 10.4. The molecule has 0 aromatic heterocycles. The summed E-state index contributed by atoms with van der Waals surface area (Å²) in [7, 11) is 0. The van der Waals surface area contributed by atoms with Gasteiger partial charge in [0.05, 0.1) is 5.56 Å². The second-order valence-electron chi connectivity index (χ2n) is 5.06. The zero-order valence-corrected chi connectivity index (χ0v) is 13.0. The minimum Gasteiger partial charge on any atom is -0.352 e. The second kappa shape index (κ2) is 8.78. The molecule has 1 aromatic carbocycles. The number of hydrogen-bond acceptors (Lipinski definition) is 2. The zero-order chi connectivity index (χ0) is 16.6. The molecule has 3 nitrogen and oxygen atoms in total. The summed E-state index contributed by atoms with van der Waals surface area (Å²) in [6, 6.07) is 4.26. The van der Waals surface area contributed by atoms with E-state index in [0.717, 1.165) is 44.6 Å². The quantitative estimate of drug-likeness (QED) is 0.744. The van der Waals surface area contributed by atoms with Crippen LogP contribution in [0.1, 0.15) is 42.6 Å². The van der Waals surface area contributed by atoms with Gasteiger partial charge < -0.3 is 10.2 Å². The molecule has 0 bridgehead atoms. The van der Waals surface area contributed by atoms with Gasteiger partial charge in [0.25, 0.3) is 5.91 Å². The van der Waals surface area contributed by atoms with Crippen LogP contribution in [-0.2, 0) is 6.18 Å². The maximum Gasteiger partial charge on any atom is 0.416 e. The molecular formula is C16H23F3N2O. The normalized spacial score (nSPS) is 11.7. The molecule has 0 spiro atoms. The molecule has 6 heteroatoms. The van der Waals surface area contributed by atoms with Gasteiger partial charge in [-0.05, 0) is 56.7 Å². The number of nitrogens with zero attached hydrogens (tertiary/aromatic N) is 1. The van der Waals surface area contributed by atoms with Gasteiger partial charge in [0.15, 0.2) is 0 Å². The monoisotopic (exact) mass is 316 g/mol. The summed E-state index contributed by atoms with van der Waals surface area (Å²) in [5.41, 5.74) is -0.500. The number of carbonyl (C=O) groups is 1. The first-order valence-corrected chi connectivity index (χ1v) is 7.56. The van der Waals surface area contributed by atoms with Crippen LogP contribution in [0.3, 0.4) is 0 Å². The Hall–Kier alpha value is -1.56. The lowest BCUT2D eigenvalue weighted by molar-refractivity contribution is -0.137. The number of benzene rings is 1. The Labute approximate surface area is 129 Å². The van der Waals surface area contributed by atoms with E-state index in [9.17, 15) is 18.0 Å². The van der Waals surface area contributed by atoms with E-state index in [4.69, 9.17) is 0 Å². The summed E-state index contributed by atoms with van der Waals surface area (Å²) in [4.78, 5) is 14.1. The molecule has 0 radical (unpaired) electrons. The van der Waals surface area contributed by atoms with E-state index in [-0.39, 0.29) is 11.5 Å². The Balaban J connectivity index is 2.34. The summed E-state index contributed by atoms with van der Waals surface area (Å²) in [5.74, 6) is -0.337. The van der Waals surface area contributed by atoms with Crippen molar-refractivity contribution >= 4 is 5.91 Å². The number of carbonyl (C=O) groups excluding carboxylic acids is 1. The molecule has 1 aromatic rings. The van der Waals surface area contributed by atoms with Crippen LogP contribution < -0.4 is 5.32 Å². The van der Waals surface area contributed by atoms with Gasteiger partial charge in [0.1, 0.15) is 0 Å². The average molecular weight is 316 g/mol. The third-order valence-electron chi connectivity index (χ3n) is 3.56. The number of unbranched alkanes of at least 4 members (excludes halogenated alkanes) is 1. The summed E-state index contributed by atoms with van der Waals surface area (Å²) < 4.78 is 37.3. The van der Waals surface area contributed by atoms with Crippen LogP contribution in [0.4, 0.5) is 13.2 Å². The summed E-state index contributed by atoms with van der Waals surface area (Å²) >= 11 is 0. The highest BCUT2D eigenvalue weighted by Crippen LogP contribution is 2.28. The Bertz CT molecular complexity index is 453. The van der Waals surface area contributed by atoms with Gasteiger partial charge in [0, 0.05) is 12.1 Å². The Morgan fingerprint density at radius 2 is 1.68 bits per heavy atom. The van der Waals surface area contributed by atoms with Gasteiger partial charge >= 0.3 is 6.18 Å². The molecular weight excluding hydrogens is 293 g/mol. The number of alkyl halides is 3. The molecule has 0 aliphatic rings. The van der Waals surface area contributed by atoms with Gasteiger partial charge in [-0.3, -0.25) is 4.79 Å². The molecule has 124 valence electrons. The highest BCUT2D eigenvalue weighted by Gasteiger charge is 2.30. The Kier molecular flexibility index (Phi) is 7.38. The number of rotatable bonds is 8. The SMILES string of the molecule is CCN(CC)CCCCNC(=O)c1ccc(C(F)(F)F)cc1. The van der Waals surface area contributed by atoms with Crippen molar-refractivity contribution in [1.82, 2.24) is 10.2 Å². The van der Waals surface area contributed by atoms with Crippen molar-refractivity contribution in [3.63, 3.8) is 0 Å². The van der Waals surface area contributed by atoms with Crippen LogP contribution in [0, 0.1) is 0 Å². The van der Waals surface area contributed by atoms with Crippen molar-refractivity contribution in [3.8, 4) is 0 Å². The number of nitrogens with one attached hydrogen (secondary N) is 1. The summed E-state index contributed by atoms with van der Waals surface area (Å²) in [5, 5.41) is 2.73. The van der Waals surface area contributed by atoms with Crippen LogP contribution in [0.5, 0.6) is 0 Å². The predicted molar refractivity (Wildman–Crippen MR) is 80.8 cm³/mol. The molecule has 0 aliphatic heterocycles. The van der Waals surface area contributed by atoms with Crippen molar-refractivity contribution < 1.29 is 18.0 Å². The van der Waals surface area contributed by atoms with E-state index in [0.29, 0.717) is 6.54 Å². The average Bonchev–Trinajstić information content (AvgIpc) is 2.50. The Morgan fingerprint density at radius 3 is 2.18 bits per heavy atom. The standard InChI is InChI=1S/C16H23F3N2O/c1-3-21(4-2)12-6-5-11-20-15(22)13-7-9-14(10-8-13)16(17,18)19/h7-10H,3-6,11-12H2,1-2H3,(H,20,22). The van der Waals surface area contributed by atoms with Gasteiger partial charge in [0.2, 0.25) is 0 Å². The van der Waals surface area contributed by atoms with Crippen molar-refractivity contribution in [1.29, 1.82) is 0 Å². The molecule has 1 rings (SSSR count). The van der Waals surface area contributed by atoms with Crippen LogP contribution >= 0.6 is 0 Å². The van der Waals surface area contributed by atoms with Crippen molar-refractivity contribution in [2.75, 3.05) is 26.2 Å².